The highest BCUT2D eigenvalue weighted by Gasteiger charge is 2.46. The van der Waals surface area contributed by atoms with E-state index >= 15 is 0 Å². The molecule has 2 aliphatic heterocycles. The molecule has 9 nitrogen and oxygen atoms in total. The van der Waals surface area contributed by atoms with Crippen molar-refractivity contribution >= 4 is 34.4 Å². The summed E-state index contributed by atoms with van der Waals surface area (Å²) in [5.74, 6) is -1.18. The summed E-state index contributed by atoms with van der Waals surface area (Å²) in [5, 5.41) is 21.8. The molecule has 1 fully saturated rings. The van der Waals surface area contributed by atoms with Crippen molar-refractivity contribution < 1.29 is 19.5 Å². The van der Waals surface area contributed by atoms with Gasteiger partial charge in [-0.05, 0) is 18.6 Å². The monoisotopic (exact) mass is 455 g/mol. The lowest BCUT2D eigenvalue weighted by Gasteiger charge is -2.28. The van der Waals surface area contributed by atoms with E-state index in [4.69, 9.17) is 0 Å². The number of hydrazone groups is 1. The lowest BCUT2D eigenvalue weighted by Crippen LogP contribution is -2.48. The maximum absolute atomic E-state index is 12.0. The number of aromatic nitrogens is 1. The molecule has 4 rings (SSSR count). The Balaban J connectivity index is 0.000000215. The molecule has 9 heteroatoms. The highest BCUT2D eigenvalue weighted by atomic mass is 16.4. The van der Waals surface area contributed by atoms with Crippen molar-refractivity contribution in [2.24, 2.45) is 15.9 Å². The van der Waals surface area contributed by atoms with Crippen LogP contribution in [-0.2, 0) is 20.8 Å². The first-order chi connectivity index (χ1) is 15.4. The van der Waals surface area contributed by atoms with Gasteiger partial charge in [0.1, 0.15) is 11.5 Å². The third-order valence-electron chi connectivity index (χ3n) is 6.07. The highest BCUT2D eigenvalue weighted by Crippen LogP contribution is 2.30. The van der Waals surface area contributed by atoms with Crippen molar-refractivity contribution in [3.8, 4) is 0 Å². The van der Waals surface area contributed by atoms with Crippen molar-refractivity contribution in [2.75, 3.05) is 20.1 Å². The highest BCUT2D eigenvalue weighted by molar-refractivity contribution is 6.12. The van der Waals surface area contributed by atoms with Crippen LogP contribution < -0.4 is 10.6 Å². The molecule has 2 atom stereocenters. The van der Waals surface area contributed by atoms with Gasteiger partial charge >= 0.3 is 5.97 Å². The van der Waals surface area contributed by atoms with E-state index in [2.05, 4.69) is 20.7 Å². The van der Waals surface area contributed by atoms with E-state index in [0.29, 0.717) is 0 Å². The zero-order valence-corrected chi connectivity index (χ0v) is 19.9. The first-order valence-electron chi connectivity index (χ1n) is 11.1. The minimum Gasteiger partial charge on any atom is -0.480 e. The van der Waals surface area contributed by atoms with Crippen LogP contribution in [0.2, 0.25) is 0 Å². The molecule has 33 heavy (non-hydrogen) atoms. The smallest absolute Gasteiger partial charge is 0.326 e. The van der Waals surface area contributed by atoms with Gasteiger partial charge in [0.05, 0.1) is 5.71 Å². The van der Waals surface area contributed by atoms with E-state index in [-0.39, 0.29) is 23.7 Å². The Kier molecular flexibility index (Phi) is 6.92. The van der Waals surface area contributed by atoms with Gasteiger partial charge in [-0.15, -0.1) is 0 Å². The van der Waals surface area contributed by atoms with Crippen molar-refractivity contribution in [1.29, 1.82) is 0 Å². The number of aliphatic carboxylic acids is 1. The van der Waals surface area contributed by atoms with E-state index in [0.717, 1.165) is 41.7 Å². The number of carbonyl (C=O) groups excluding carboxylic acids is 2. The number of carbonyl (C=O) groups is 3. The minimum atomic E-state index is -1.03. The van der Waals surface area contributed by atoms with Gasteiger partial charge in [0.15, 0.2) is 0 Å². The van der Waals surface area contributed by atoms with Gasteiger partial charge < -0.3 is 20.7 Å². The number of piperidine rings is 1. The van der Waals surface area contributed by atoms with Gasteiger partial charge in [-0.2, -0.15) is 5.10 Å². The van der Waals surface area contributed by atoms with Crippen LogP contribution in [0.25, 0.3) is 10.9 Å². The Morgan fingerprint density at radius 3 is 2.64 bits per heavy atom. The quantitative estimate of drug-likeness (QED) is 0.562. The zero-order valence-electron chi connectivity index (χ0n) is 19.9. The number of H-pyrrole nitrogens is 1. The van der Waals surface area contributed by atoms with Crippen LogP contribution >= 0.6 is 0 Å². The fourth-order valence-corrected chi connectivity index (χ4v) is 3.96. The topological polar surface area (TPSA) is 127 Å². The standard InChI is InChI=1S/C16H20N2O3.C8H13N3O/c1-16(2,3)15(21)18-13(14(19)20)8-10-9-17-12-7-5-4-6-11(10)12;1-8-5-9-4-3-6(8)10-11(2)7(8)12/h4-7,9,13,17H,8H2,1-3H3,(H,18,21)(H,19,20);9H,3-5H2,1-2H3/t13-;/m1./s1. The van der Waals surface area contributed by atoms with Crippen molar-refractivity contribution in [3.63, 3.8) is 0 Å². The van der Waals surface area contributed by atoms with Crippen LogP contribution in [0.15, 0.2) is 35.6 Å². The number of fused-ring (bicyclic) bond motifs is 2. The van der Waals surface area contributed by atoms with Crippen molar-refractivity contribution in [2.45, 2.75) is 46.6 Å². The summed E-state index contributed by atoms with van der Waals surface area (Å²) in [6.07, 6.45) is 2.94. The summed E-state index contributed by atoms with van der Waals surface area (Å²) in [7, 11) is 1.72. The van der Waals surface area contributed by atoms with Crippen LogP contribution in [0.5, 0.6) is 0 Å². The minimum absolute atomic E-state index is 0.115. The molecule has 0 aliphatic carbocycles. The van der Waals surface area contributed by atoms with Crippen LogP contribution in [0.1, 0.15) is 39.7 Å². The Bertz CT molecular complexity index is 1080. The summed E-state index contributed by atoms with van der Waals surface area (Å²) in [6, 6.07) is 6.76. The lowest BCUT2D eigenvalue weighted by molar-refractivity contribution is -0.143. The molecular weight excluding hydrogens is 422 g/mol. The molecular formula is C24H33N5O4. The fourth-order valence-electron chi connectivity index (χ4n) is 3.96. The molecule has 2 aliphatic rings. The van der Waals surface area contributed by atoms with Crippen molar-refractivity contribution in [3.05, 3.63) is 36.0 Å². The summed E-state index contributed by atoms with van der Waals surface area (Å²) in [5.41, 5.74) is 1.90. The second-order valence-electron chi connectivity index (χ2n) is 9.81. The number of nitrogens with zero attached hydrogens (tertiary/aromatic N) is 2. The van der Waals surface area contributed by atoms with Gasteiger partial charge in [-0.3, -0.25) is 9.59 Å². The molecule has 1 unspecified atom stereocenters. The van der Waals surface area contributed by atoms with Crippen molar-refractivity contribution in [1.82, 2.24) is 20.6 Å². The largest absolute Gasteiger partial charge is 0.480 e. The third-order valence-corrected chi connectivity index (χ3v) is 6.07. The van der Waals surface area contributed by atoms with Crippen LogP contribution in [-0.4, -0.2) is 64.8 Å². The van der Waals surface area contributed by atoms with Gasteiger partial charge in [0.2, 0.25) is 5.91 Å². The number of carboxylic acid groups (broad SMARTS) is 1. The Morgan fingerprint density at radius 2 is 2.00 bits per heavy atom. The average Bonchev–Trinajstić information content (AvgIpc) is 3.26. The predicted molar refractivity (Wildman–Crippen MR) is 127 cm³/mol. The normalized spacial score (nSPS) is 21.1. The first kappa shape index (κ1) is 24.4. The summed E-state index contributed by atoms with van der Waals surface area (Å²) < 4.78 is 0. The van der Waals surface area contributed by atoms with E-state index in [1.165, 1.54) is 5.01 Å². The number of benzene rings is 1. The summed E-state index contributed by atoms with van der Waals surface area (Å²) in [4.78, 5) is 38.1. The lowest BCUT2D eigenvalue weighted by atomic mass is 9.81. The molecule has 1 aromatic heterocycles. The second-order valence-corrected chi connectivity index (χ2v) is 9.81. The number of hydrogen-bond acceptors (Lipinski definition) is 5. The number of rotatable bonds is 4. The van der Waals surface area contributed by atoms with E-state index in [1.807, 2.05) is 31.2 Å². The van der Waals surface area contributed by atoms with Gasteiger partial charge in [-0.25, -0.2) is 9.80 Å². The predicted octanol–water partition coefficient (Wildman–Crippen LogP) is 2.14. The molecule has 3 heterocycles. The Hall–Kier alpha value is -3.20. The van der Waals surface area contributed by atoms with Gasteiger partial charge in [-0.1, -0.05) is 39.0 Å². The number of aromatic amines is 1. The maximum Gasteiger partial charge on any atom is 0.326 e. The SMILES string of the molecule is CC(C)(C)C(=O)N[C@H](Cc1c[nH]c2ccccc12)C(=O)O.CN1N=C2CCNCC2(C)C1=O. The fraction of sp³-hybridized carbons (Fsp3) is 0.500. The zero-order chi connectivity index (χ0) is 24.4. The van der Waals surface area contributed by atoms with E-state index < -0.39 is 17.4 Å². The molecule has 4 N–H and O–H groups in total. The molecule has 0 bridgehead atoms. The van der Waals surface area contributed by atoms with E-state index in [9.17, 15) is 19.5 Å². The molecule has 1 saturated heterocycles. The number of hydrogen-bond donors (Lipinski definition) is 4. The van der Waals surface area contributed by atoms with E-state index in [1.54, 1.807) is 34.0 Å². The van der Waals surface area contributed by atoms with Gasteiger partial charge in [0, 0.05) is 55.5 Å². The maximum atomic E-state index is 12.0. The summed E-state index contributed by atoms with van der Waals surface area (Å²) >= 11 is 0. The molecule has 0 spiro atoms. The molecule has 0 radical (unpaired) electrons. The number of para-hydroxylation sites is 1. The molecule has 2 amide bonds. The van der Waals surface area contributed by atoms with Crippen LogP contribution in [0, 0.1) is 10.8 Å². The number of carboxylic acids is 1. The van der Waals surface area contributed by atoms with Gasteiger partial charge in [0.25, 0.3) is 5.91 Å². The molecule has 178 valence electrons. The summed E-state index contributed by atoms with van der Waals surface area (Å²) in [6.45, 7) is 8.90. The molecule has 2 aromatic rings. The Labute approximate surface area is 193 Å². The van der Waals surface area contributed by atoms with Crippen LogP contribution in [0.4, 0.5) is 0 Å². The third kappa shape index (κ3) is 5.24. The average molecular weight is 456 g/mol. The number of nitrogens with one attached hydrogen (secondary N) is 3. The molecule has 1 aromatic carbocycles. The van der Waals surface area contributed by atoms with Crippen LogP contribution in [0.3, 0.4) is 0 Å². The second kappa shape index (κ2) is 9.35. The Morgan fingerprint density at radius 1 is 1.30 bits per heavy atom. The first-order valence-corrected chi connectivity index (χ1v) is 11.1. The molecule has 0 saturated carbocycles. The number of amides is 2.